The summed E-state index contributed by atoms with van der Waals surface area (Å²) in [5.41, 5.74) is 1.87. The molecule has 0 bridgehead atoms. The second-order valence-corrected chi connectivity index (χ2v) is 5.74. The molecule has 0 fully saturated rings. The van der Waals surface area contributed by atoms with E-state index in [0.717, 1.165) is 15.6 Å². The van der Waals surface area contributed by atoms with E-state index < -0.39 is 0 Å². The second-order valence-electron chi connectivity index (χ2n) is 4.88. The first-order chi connectivity index (χ1) is 7.84. The van der Waals surface area contributed by atoms with Crippen molar-refractivity contribution in [2.45, 2.75) is 33.7 Å². The van der Waals surface area contributed by atoms with Gasteiger partial charge >= 0.3 is 0 Å². The smallest absolute Gasteiger partial charge is 0.254 e. The number of nitrogens with zero attached hydrogens (tertiary/aromatic N) is 1. The number of amides is 1. The maximum absolute atomic E-state index is 12.3. The highest BCUT2D eigenvalue weighted by atomic mass is 79.9. The van der Waals surface area contributed by atoms with Crippen LogP contribution in [-0.2, 0) is 0 Å². The van der Waals surface area contributed by atoms with Crippen LogP contribution in [0.3, 0.4) is 0 Å². The predicted molar refractivity (Wildman–Crippen MR) is 75.3 cm³/mol. The van der Waals surface area contributed by atoms with Crippen molar-refractivity contribution in [2.24, 2.45) is 5.92 Å². The highest BCUT2D eigenvalue weighted by molar-refractivity contribution is 9.10. The summed E-state index contributed by atoms with van der Waals surface area (Å²) < 4.78 is 0.866. The van der Waals surface area contributed by atoms with E-state index in [-0.39, 0.29) is 11.9 Å². The molecule has 1 aromatic rings. The highest BCUT2D eigenvalue weighted by Crippen LogP contribution is 2.21. The molecule has 0 spiro atoms. The monoisotopic (exact) mass is 297 g/mol. The minimum Gasteiger partial charge on any atom is -0.339 e. The number of hydrogen-bond donors (Lipinski definition) is 0. The minimum absolute atomic E-state index is 0.0677. The van der Waals surface area contributed by atoms with Crippen LogP contribution in [-0.4, -0.2) is 23.9 Å². The maximum atomic E-state index is 12.3. The normalized spacial score (nSPS) is 12.6. The molecule has 3 heteroatoms. The van der Waals surface area contributed by atoms with Crippen LogP contribution in [0.2, 0.25) is 0 Å². The van der Waals surface area contributed by atoms with Gasteiger partial charge in [-0.15, -0.1) is 0 Å². The lowest BCUT2D eigenvalue weighted by Gasteiger charge is -2.28. The molecule has 0 saturated heterocycles. The van der Waals surface area contributed by atoms with Crippen molar-refractivity contribution in [2.75, 3.05) is 7.05 Å². The van der Waals surface area contributed by atoms with E-state index in [1.165, 1.54) is 0 Å². The molecule has 1 aromatic carbocycles. The molecule has 2 nitrogen and oxygen atoms in total. The largest absolute Gasteiger partial charge is 0.339 e. The second kappa shape index (κ2) is 5.67. The van der Waals surface area contributed by atoms with Crippen molar-refractivity contribution in [3.05, 3.63) is 33.8 Å². The zero-order valence-corrected chi connectivity index (χ0v) is 12.7. The molecule has 1 atom stereocenters. The van der Waals surface area contributed by atoms with Gasteiger partial charge in [0.05, 0.1) is 5.56 Å². The summed E-state index contributed by atoms with van der Waals surface area (Å²) in [6, 6.07) is 6.05. The Bertz CT molecular complexity index is 415. The third-order valence-electron chi connectivity index (χ3n) is 3.25. The quantitative estimate of drug-likeness (QED) is 0.829. The van der Waals surface area contributed by atoms with Gasteiger partial charge in [0.2, 0.25) is 0 Å². The Morgan fingerprint density at radius 2 is 1.88 bits per heavy atom. The third kappa shape index (κ3) is 3.32. The Hall–Kier alpha value is -0.830. The van der Waals surface area contributed by atoms with E-state index in [4.69, 9.17) is 0 Å². The molecule has 0 heterocycles. The summed E-state index contributed by atoms with van der Waals surface area (Å²) in [5.74, 6) is 0.520. The van der Waals surface area contributed by atoms with E-state index in [2.05, 4.69) is 36.7 Å². The molecule has 0 radical (unpaired) electrons. The number of halogens is 1. The molecular formula is C14H20BrNO. The zero-order valence-electron chi connectivity index (χ0n) is 11.1. The summed E-state index contributed by atoms with van der Waals surface area (Å²) in [6.07, 6.45) is 0. The van der Waals surface area contributed by atoms with Gasteiger partial charge < -0.3 is 4.90 Å². The van der Waals surface area contributed by atoms with Crippen molar-refractivity contribution < 1.29 is 4.79 Å². The number of benzene rings is 1. The molecule has 0 aliphatic rings. The lowest BCUT2D eigenvalue weighted by molar-refractivity contribution is 0.0706. The predicted octanol–water partition coefficient (Wildman–Crippen LogP) is 3.87. The third-order valence-corrected chi connectivity index (χ3v) is 3.91. The molecule has 17 heavy (non-hydrogen) atoms. The van der Waals surface area contributed by atoms with E-state index in [1.54, 1.807) is 4.90 Å². The first-order valence-corrected chi connectivity index (χ1v) is 6.67. The lowest BCUT2D eigenvalue weighted by atomic mass is 10.0. The Kier molecular flexibility index (Phi) is 4.75. The number of hydrogen-bond acceptors (Lipinski definition) is 1. The van der Waals surface area contributed by atoms with E-state index in [0.29, 0.717) is 5.92 Å². The molecular weight excluding hydrogens is 278 g/mol. The molecule has 0 aliphatic carbocycles. The Morgan fingerprint density at radius 3 is 2.35 bits per heavy atom. The minimum atomic E-state index is 0.0677. The van der Waals surface area contributed by atoms with Crippen LogP contribution in [0.5, 0.6) is 0 Å². The van der Waals surface area contributed by atoms with Crippen molar-refractivity contribution in [3.63, 3.8) is 0 Å². The van der Waals surface area contributed by atoms with E-state index in [9.17, 15) is 4.79 Å². The van der Waals surface area contributed by atoms with Gasteiger partial charge in [0.25, 0.3) is 5.91 Å². The molecule has 0 saturated carbocycles. The molecule has 1 rings (SSSR count). The Balaban J connectivity index is 2.96. The van der Waals surface area contributed by atoms with Crippen LogP contribution >= 0.6 is 15.9 Å². The van der Waals surface area contributed by atoms with Gasteiger partial charge in [-0.05, 0) is 53.4 Å². The fraction of sp³-hybridized carbons (Fsp3) is 0.500. The SMILES string of the molecule is Cc1ccc(C(=O)N(C)C(C)C(C)C)c(Br)c1. The fourth-order valence-electron chi connectivity index (χ4n) is 1.62. The molecule has 0 aliphatic heterocycles. The van der Waals surface area contributed by atoms with Crippen LogP contribution in [0, 0.1) is 12.8 Å². The molecule has 1 unspecified atom stereocenters. The van der Waals surface area contributed by atoms with E-state index >= 15 is 0 Å². The Labute approximate surface area is 112 Å². The molecule has 0 aromatic heterocycles. The van der Waals surface area contributed by atoms with Gasteiger partial charge in [0.1, 0.15) is 0 Å². The number of rotatable bonds is 3. The van der Waals surface area contributed by atoms with Gasteiger partial charge in [-0.3, -0.25) is 4.79 Å². The van der Waals surface area contributed by atoms with Gasteiger partial charge in [-0.25, -0.2) is 0 Å². The van der Waals surface area contributed by atoms with Crippen LogP contribution in [0.15, 0.2) is 22.7 Å². The summed E-state index contributed by atoms with van der Waals surface area (Å²) in [4.78, 5) is 14.1. The average molecular weight is 298 g/mol. The molecule has 94 valence electrons. The summed E-state index contributed by atoms with van der Waals surface area (Å²) in [6.45, 7) is 8.33. The average Bonchev–Trinajstić information content (AvgIpc) is 2.26. The number of carbonyl (C=O) groups excluding carboxylic acids is 1. The number of aryl methyl sites for hydroxylation is 1. The van der Waals surface area contributed by atoms with Crippen LogP contribution in [0.4, 0.5) is 0 Å². The van der Waals surface area contributed by atoms with Gasteiger partial charge in [-0.1, -0.05) is 19.9 Å². The molecule has 1 amide bonds. The topological polar surface area (TPSA) is 20.3 Å². The maximum Gasteiger partial charge on any atom is 0.254 e. The summed E-state index contributed by atoms with van der Waals surface area (Å²) in [5, 5.41) is 0. The lowest BCUT2D eigenvalue weighted by Crippen LogP contribution is -2.38. The van der Waals surface area contributed by atoms with Crippen molar-refractivity contribution in [1.29, 1.82) is 0 Å². The van der Waals surface area contributed by atoms with Crippen LogP contribution < -0.4 is 0 Å². The van der Waals surface area contributed by atoms with Gasteiger partial charge in [0.15, 0.2) is 0 Å². The van der Waals surface area contributed by atoms with Crippen LogP contribution in [0.25, 0.3) is 0 Å². The first kappa shape index (κ1) is 14.2. The number of carbonyl (C=O) groups is 1. The van der Waals surface area contributed by atoms with E-state index in [1.807, 2.05) is 32.2 Å². The first-order valence-electron chi connectivity index (χ1n) is 5.88. The Morgan fingerprint density at radius 1 is 1.29 bits per heavy atom. The zero-order chi connectivity index (χ0) is 13.2. The highest BCUT2D eigenvalue weighted by Gasteiger charge is 2.21. The van der Waals surface area contributed by atoms with Crippen molar-refractivity contribution in [3.8, 4) is 0 Å². The summed E-state index contributed by atoms with van der Waals surface area (Å²) in [7, 11) is 1.86. The standard InChI is InChI=1S/C14H20BrNO/c1-9(2)11(4)16(5)14(17)12-7-6-10(3)8-13(12)15/h6-9,11H,1-5H3. The van der Waals surface area contributed by atoms with Gasteiger partial charge in [-0.2, -0.15) is 0 Å². The van der Waals surface area contributed by atoms with Gasteiger partial charge in [0, 0.05) is 17.6 Å². The van der Waals surface area contributed by atoms with Crippen LogP contribution in [0.1, 0.15) is 36.7 Å². The van der Waals surface area contributed by atoms with Crippen molar-refractivity contribution >= 4 is 21.8 Å². The molecule has 0 N–H and O–H groups in total. The fourth-order valence-corrected chi connectivity index (χ4v) is 2.28. The van der Waals surface area contributed by atoms with Crippen molar-refractivity contribution in [1.82, 2.24) is 4.90 Å². The summed E-state index contributed by atoms with van der Waals surface area (Å²) >= 11 is 3.45.